The Bertz CT molecular complexity index is 10.8. The van der Waals surface area contributed by atoms with E-state index in [4.69, 9.17) is 5.26 Å². The molecule has 0 aromatic carbocycles. The Morgan fingerprint density at radius 3 is 1.25 bits per heavy atom. The highest BCUT2D eigenvalue weighted by Gasteiger charge is 0.513. The number of halogens is 1. The van der Waals surface area contributed by atoms with Crippen LogP contribution in [0.25, 0.3) is 0 Å². The molecule has 0 N–H and O–H groups in total. The smallest absolute Gasteiger partial charge is 0.0462 e. The molecule has 0 fully saturated rings. The van der Waals surface area contributed by atoms with Crippen molar-refractivity contribution in [3.05, 3.63) is 0 Å². The Morgan fingerprint density at radius 2 is 1.25 bits per heavy atom. The summed E-state index contributed by atoms with van der Waals surface area (Å²) in [7, 11) is 0. The Hall–Kier alpha value is 0.220. The lowest BCUT2D eigenvalue weighted by molar-refractivity contribution is 1.58. The fourth-order valence-corrected chi connectivity index (χ4v) is 0. The van der Waals surface area contributed by atoms with Crippen LogP contribution < -0.4 is 0 Å². The summed E-state index contributed by atoms with van der Waals surface area (Å²) in [6.45, 7) is 3.50. The topological polar surface area (TPSA) is 23.8 Å². The fourth-order valence-electron chi connectivity index (χ4n) is 0. The van der Waals surface area contributed by atoms with Crippen LogP contribution in [-0.2, 0) is 0 Å². The summed E-state index contributed by atoms with van der Waals surface area (Å²) in [5, 5.41) is 6.50. The average molecular weight is 171 g/mol. The van der Waals surface area contributed by atoms with Crippen molar-refractivity contribution in [3.63, 3.8) is 0 Å². The van der Waals surface area contributed by atoms with Gasteiger partial charge >= 0.3 is 0 Å². The summed E-state index contributed by atoms with van der Waals surface area (Å²) in [5.41, 5.74) is 0. The zero-order valence-corrected chi connectivity index (χ0v) is 3.76. The summed E-state index contributed by atoms with van der Waals surface area (Å²) in [6.07, 6.45) is 0. The standard InChI is InChI=1S/CHN.CH4.HI/c1-2;;/h1H;1H4;1H. The molecule has 0 aliphatic carbocycles. The Kier molecular flexibility index (Phi) is 2410. The molecule has 1 nitrogen and oxygen atoms in total. The number of hydrogen-bond acceptors (Lipinski definition) is 1. The van der Waals surface area contributed by atoms with Gasteiger partial charge in [0.2, 0.25) is 0 Å². The Labute approximate surface area is 43.6 Å². The zero-order valence-electron chi connectivity index (χ0n) is 1.43. The number of nitriles is 1. The maximum atomic E-state index is 6.50. The number of hydrogen-bond donors (Lipinski definition) is 0. The van der Waals surface area contributed by atoms with Crippen molar-refractivity contribution in [1.82, 2.24) is 0 Å². The highest BCUT2D eigenvalue weighted by molar-refractivity contribution is 14.0. The highest BCUT2D eigenvalue weighted by atomic mass is 127. The predicted octanol–water partition coefficient (Wildman–Crippen LogP) is 1.39. The molecule has 0 aromatic rings. The maximum absolute atomic E-state index is 6.50. The van der Waals surface area contributed by atoms with Gasteiger partial charge in [-0.3, -0.25) is 0 Å². The first-order chi connectivity index (χ1) is 1.00. The third-order valence-electron chi connectivity index (χ3n) is 0. The summed E-state index contributed by atoms with van der Waals surface area (Å²) in [4.78, 5) is 0. The highest BCUT2D eigenvalue weighted by Crippen LogP contribution is 0.886. The van der Waals surface area contributed by atoms with E-state index in [1.165, 1.54) is 0 Å². The van der Waals surface area contributed by atoms with E-state index in [-0.39, 0.29) is 31.4 Å². The predicted molar refractivity (Wildman–Crippen MR) is 28.8 cm³/mol. The van der Waals surface area contributed by atoms with E-state index in [0.717, 1.165) is 0 Å². The molecule has 0 aliphatic heterocycles. The molecule has 0 heterocycles. The SMILES string of the molecule is C.C#N.I. The molecule has 0 rings (SSSR count). The van der Waals surface area contributed by atoms with E-state index in [9.17, 15) is 0 Å². The van der Waals surface area contributed by atoms with Gasteiger partial charge in [-0.2, -0.15) is 0 Å². The molecular weight excluding hydrogens is 165 g/mol. The molecule has 0 amide bonds. The van der Waals surface area contributed by atoms with Crippen LogP contribution in [0.1, 0.15) is 7.43 Å². The number of rotatable bonds is 0. The average Bonchev–Trinajstić information content (AvgIpc) is 1.00. The minimum Gasteiger partial charge on any atom is -0.202 e. The van der Waals surface area contributed by atoms with Crippen LogP contribution in [0.3, 0.4) is 0 Å². The molecule has 0 radical (unpaired) electrons. The van der Waals surface area contributed by atoms with Crippen molar-refractivity contribution >= 4 is 24.0 Å². The molecule has 0 saturated carbocycles. The van der Waals surface area contributed by atoms with E-state index < -0.39 is 0 Å². The van der Waals surface area contributed by atoms with Gasteiger partial charge in [-0.05, 0) is 0 Å². The summed E-state index contributed by atoms with van der Waals surface area (Å²) in [6, 6.07) is 0. The summed E-state index contributed by atoms with van der Waals surface area (Å²) >= 11 is 0. The van der Waals surface area contributed by atoms with Gasteiger partial charge in [0.05, 0.1) is 0 Å². The molecule has 0 saturated heterocycles. The van der Waals surface area contributed by atoms with Crippen molar-refractivity contribution in [1.29, 1.82) is 5.26 Å². The number of nitrogens with zero attached hydrogens (tertiary/aromatic N) is 1. The molecule has 0 atom stereocenters. The monoisotopic (exact) mass is 171 g/mol. The van der Waals surface area contributed by atoms with Crippen molar-refractivity contribution in [2.24, 2.45) is 0 Å². The lowest BCUT2D eigenvalue weighted by atomic mass is 11.9. The van der Waals surface area contributed by atoms with Gasteiger partial charge in [-0.15, -0.1) is 24.0 Å². The Morgan fingerprint density at radius 1 is 1.25 bits per heavy atom. The minimum atomic E-state index is 0. The third kappa shape index (κ3) is 68.3. The first-order valence-electron chi connectivity index (χ1n) is 0.258. The van der Waals surface area contributed by atoms with Gasteiger partial charge in [-0.25, -0.2) is 5.26 Å². The van der Waals surface area contributed by atoms with E-state index in [2.05, 4.69) is 6.57 Å². The van der Waals surface area contributed by atoms with Gasteiger partial charge in [0, 0.05) is 6.57 Å². The van der Waals surface area contributed by atoms with Crippen LogP contribution in [0.5, 0.6) is 0 Å². The van der Waals surface area contributed by atoms with Crippen LogP contribution in [0.15, 0.2) is 0 Å². The molecule has 26 valence electrons. The molecule has 0 bridgehead atoms. The van der Waals surface area contributed by atoms with Crippen molar-refractivity contribution < 1.29 is 0 Å². The first kappa shape index (κ1) is 29.4. The van der Waals surface area contributed by atoms with E-state index in [1.807, 2.05) is 0 Å². The largest absolute Gasteiger partial charge is 0.202 e. The van der Waals surface area contributed by atoms with E-state index in [0.29, 0.717) is 0 Å². The van der Waals surface area contributed by atoms with Crippen molar-refractivity contribution in [3.8, 4) is 6.57 Å². The quantitative estimate of drug-likeness (QED) is 0.505. The maximum Gasteiger partial charge on any atom is 0.0462 e. The molecule has 0 unspecified atom stereocenters. The van der Waals surface area contributed by atoms with Gasteiger partial charge in [0.25, 0.3) is 0 Å². The Balaban J connectivity index is -0.00000000500. The normalized spacial score (nSPS) is 0.500. The third-order valence-corrected chi connectivity index (χ3v) is 0. The minimum absolute atomic E-state index is 0. The zero-order chi connectivity index (χ0) is 2.00. The van der Waals surface area contributed by atoms with Gasteiger partial charge < -0.3 is 0 Å². The second-order valence-corrected chi connectivity index (χ2v) is 0. The molecule has 2 heteroatoms. The van der Waals surface area contributed by atoms with Gasteiger partial charge in [-0.1, -0.05) is 7.43 Å². The van der Waals surface area contributed by atoms with E-state index in [1.54, 1.807) is 0 Å². The van der Waals surface area contributed by atoms with Crippen molar-refractivity contribution in [2.75, 3.05) is 0 Å². The molecule has 0 aliphatic rings. The first-order valence-corrected chi connectivity index (χ1v) is 0.258. The van der Waals surface area contributed by atoms with Gasteiger partial charge in [0.1, 0.15) is 0 Å². The van der Waals surface area contributed by atoms with Crippen LogP contribution in [0, 0.1) is 11.8 Å². The van der Waals surface area contributed by atoms with Crippen molar-refractivity contribution in [2.45, 2.75) is 7.43 Å². The molecular formula is C2H6IN. The summed E-state index contributed by atoms with van der Waals surface area (Å²) < 4.78 is 0. The van der Waals surface area contributed by atoms with Crippen LogP contribution in [0.2, 0.25) is 0 Å². The van der Waals surface area contributed by atoms with Crippen LogP contribution >= 0.6 is 24.0 Å². The second-order valence-electron chi connectivity index (χ2n) is 0. The van der Waals surface area contributed by atoms with Crippen LogP contribution in [-0.4, -0.2) is 0 Å². The van der Waals surface area contributed by atoms with Gasteiger partial charge in [0.15, 0.2) is 0 Å². The lowest BCUT2D eigenvalue weighted by Crippen LogP contribution is -0.569. The lowest BCUT2D eigenvalue weighted by Gasteiger charge is -0.668. The summed E-state index contributed by atoms with van der Waals surface area (Å²) in [5.74, 6) is 0. The second kappa shape index (κ2) is 328. The van der Waals surface area contributed by atoms with Crippen LogP contribution in [0.4, 0.5) is 0 Å². The molecule has 0 spiro atoms. The fraction of sp³-hybridized carbons (Fsp3) is 0.500. The van der Waals surface area contributed by atoms with E-state index >= 15 is 0 Å². The molecule has 4 heavy (non-hydrogen) atoms. The molecule has 0 aromatic heterocycles.